The average Bonchev–Trinajstić information content (AvgIpc) is 3.22. The zero-order chi connectivity index (χ0) is 19.9. The highest BCUT2D eigenvalue weighted by molar-refractivity contribution is 7.09. The third-order valence-electron chi connectivity index (χ3n) is 4.28. The predicted octanol–water partition coefficient (Wildman–Crippen LogP) is 3.29. The molecule has 0 aliphatic heterocycles. The van der Waals surface area contributed by atoms with E-state index in [-0.39, 0.29) is 11.5 Å². The molecule has 0 saturated heterocycles. The monoisotopic (exact) mass is 397 g/mol. The summed E-state index contributed by atoms with van der Waals surface area (Å²) >= 11 is 1.66. The van der Waals surface area contributed by atoms with Crippen molar-refractivity contribution < 1.29 is 9.53 Å². The molecule has 0 fully saturated rings. The third-order valence-corrected chi connectivity index (χ3v) is 5.22. The Morgan fingerprint density at radius 3 is 2.68 bits per heavy atom. The van der Waals surface area contributed by atoms with E-state index >= 15 is 0 Å². The lowest BCUT2D eigenvalue weighted by atomic mass is 10.1. The van der Waals surface area contributed by atoms with Crippen LogP contribution in [0, 0.1) is 0 Å². The Labute approximate surface area is 167 Å². The van der Waals surface area contributed by atoms with E-state index in [1.807, 2.05) is 48.7 Å². The number of carbonyl (C=O) groups excluding carboxylic acids is 1. The fraction of sp³-hybridized carbons (Fsp3) is 0.286. The topological polar surface area (TPSA) is 73.2 Å². The first-order valence-corrected chi connectivity index (χ1v) is 10.1. The smallest absolute Gasteiger partial charge is 0.267 e. The minimum Gasteiger partial charge on any atom is -0.494 e. The van der Waals surface area contributed by atoms with Gasteiger partial charge in [0.15, 0.2) is 0 Å². The van der Waals surface area contributed by atoms with Crippen LogP contribution in [0.2, 0.25) is 0 Å². The molecule has 7 heteroatoms. The zero-order valence-corrected chi connectivity index (χ0v) is 16.7. The number of ether oxygens (including phenoxy) is 1. The van der Waals surface area contributed by atoms with Crippen LogP contribution in [0.25, 0.3) is 11.3 Å². The van der Waals surface area contributed by atoms with Crippen molar-refractivity contribution in [3.8, 4) is 17.0 Å². The van der Waals surface area contributed by atoms with E-state index in [4.69, 9.17) is 4.74 Å². The summed E-state index contributed by atoms with van der Waals surface area (Å²) in [6.07, 6.45) is 0.769. The summed E-state index contributed by atoms with van der Waals surface area (Å²) in [7, 11) is 0. The van der Waals surface area contributed by atoms with Crippen LogP contribution < -0.4 is 15.6 Å². The van der Waals surface area contributed by atoms with Crippen molar-refractivity contribution in [1.29, 1.82) is 0 Å². The van der Waals surface area contributed by atoms with E-state index in [0.717, 1.165) is 17.7 Å². The van der Waals surface area contributed by atoms with Gasteiger partial charge in [-0.15, -0.1) is 11.3 Å². The Morgan fingerprint density at radius 1 is 1.21 bits per heavy atom. The number of rotatable bonds is 8. The lowest BCUT2D eigenvalue weighted by Gasteiger charge is -2.15. The van der Waals surface area contributed by atoms with Crippen molar-refractivity contribution in [2.75, 3.05) is 13.2 Å². The number of nitrogens with one attached hydrogen (secondary N) is 1. The molecule has 3 rings (SSSR count). The molecule has 2 heterocycles. The van der Waals surface area contributed by atoms with Gasteiger partial charge in [0.05, 0.1) is 12.3 Å². The highest BCUT2D eigenvalue weighted by atomic mass is 32.1. The van der Waals surface area contributed by atoms with Crippen LogP contribution in [0.3, 0.4) is 0 Å². The molecule has 0 saturated carbocycles. The Morgan fingerprint density at radius 2 is 2.00 bits per heavy atom. The Balaban J connectivity index is 1.71. The molecule has 1 atom stereocenters. The van der Waals surface area contributed by atoms with Crippen molar-refractivity contribution in [1.82, 2.24) is 15.1 Å². The molecule has 1 amide bonds. The minimum absolute atomic E-state index is 0.227. The molecular weight excluding hydrogens is 374 g/mol. The van der Waals surface area contributed by atoms with Gasteiger partial charge >= 0.3 is 0 Å². The van der Waals surface area contributed by atoms with Crippen LogP contribution in [0.4, 0.5) is 0 Å². The Bertz CT molecular complexity index is 965. The molecule has 1 unspecified atom stereocenters. The molecule has 28 heavy (non-hydrogen) atoms. The second kappa shape index (κ2) is 9.32. The number of carbonyl (C=O) groups is 1. The summed E-state index contributed by atoms with van der Waals surface area (Å²) in [5, 5.41) is 9.29. The SMILES string of the molecule is CCOc1ccc(-c2ccc(=O)n(C(C)C(=O)NCCc3cccs3)n2)cc1. The summed E-state index contributed by atoms with van der Waals surface area (Å²) in [4.78, 5) is 25.9. The molecule has 6 nitrogen and oxygen atoms in total. The van der Waals surface area contributed by atoms with Gasteiger partial charge in [-0.2, -0.15) is 5.10 Å². The number of hydrogen-bond donors (Lipinski definition) is 1. The molecule has 0 aliphatic rings. The molecule has 146 valence electrons. The fourth-order valence-corrected chi connectivity index (χ4v) is 3.48. The lowest BCUT2D eigenvalue weighted by molar-refractivity contribution is -0.124. The first-order chi connectivity index (χ1) is 13.6. The van der Waals surface area contributed by atoms with Gasteiger partial charge in [-0.3, -0.25) is 9.59 Å². The van der Waals surface area contributed by atoms with Crippen LogP contribution in [0.5, 0.6) is 5.75 Å². The maximum atomic E-state index is 12.5. The van der Waals surface area contributed by atoms with Gasteiger partial charge in [-0.25, -0.2) is 4.68 Å². The maximum Gasteiger partial charge on any atom is 0.267 e. The summed E-state index contributed by atoms with van der Waals surface area (Å²) in [6, 6.07) is 13.9. The molecular formula is C21H23N3O3S. The number of benzene rings is 1. The molecule has 0 radical (unpaired) electrons. The lowest BCUT2D eigenvalue weighted by Crippen LogP contribution is -2.37. The normalized spacial score (nSPS) is 11.8. The molecule has 0 spiro atoms. The number of aromatic nitrogens is 2. The van der Waals surface area contributed by atoms with Crippen molar-refractivity contribution >= 4 is 17.2 Å². The van der Waals surface area contributed by atoms with Crippen LogP contribution in [0.1, 0.15) is 24.8 Å². The van der Waals surface area contributed by atoms with Gasteiger partial charge in [-0.05, 0) is 62.0 Å². The van der Waals surface area contributed by atoms with Crippen molar-refractivity contribution in [3.05, 3.63) is 69.1 Å². The largest absolute Gasteiger partial charge is 0.494 e. The van der Waals surface area contributed by atoms with Crippen LogP contribution >= 0.6 is 11.3 Å². The summed E-state index contributed by atoms with van der Waals surface area (Å²) < 4.78 is 6.67. The summed E-state index contributed by atoms with van der Waals surface area (Å²) in [5.74, 6) is 0.549. The van der Waals surface area contributed by atoms with Crippen molar-refractivity contribution in [3.63, 3.8) is 0 Å². The first kappa shape index (κ1) is 19.8. The van der Waals surface area contributed by atoms with Gasteiger partial charge in [0.25, 0.3) is 5.56 Å². The van der Waals surface area contributed by atoms with Crippen LogP contribution in [0.15, 0.2) is 58.7 Å². The third kappa shape index (κ3) is 4.86. The number of thiophene rings is 1. The quantitative estimate of drug-likeness (QED) is 0.633. The summed E-state index contributed by atoms with van der Waals surface area (Å²) in [6.45, 7) is 4.73. The first-order valence-electron chi connectivity index (χ1n) is 9.21. The number of amides is 1. The molecule has 1 aromatic carbocycles. The van der Waals surface area contributed by atoms with E-state index in [1.165, 1.54) is 15.6 Å². The van der Waals surface area contributed by atoms with Crippen molar-refractivity contribution in [2.45, 2.75) is 26.3 Å². The van der Waals surface area contributed by atoms with Crippen LogP contribution in [-0.2, 0) is 11.2 Å². The zero-order valence-electron chi connectivity index (χ0n) is 15.9. The molecule has 2 aromatic heterocycles. The minimum atomic E-state index is -0.696. The van der Waals surface area contributed by atoms with Gasteiger partial charge in [0.1, 0.15) is 11.8 Å². The van der Waals surface area contributed by atoms with Gasteiger partial charge < -0.3 is 10.1 Å². The van der Waals surface area contributed by atoms with E-state index in [1.54, 1.807) is 24.3 Å². The number of hydrogen-bond acceptors (Lipinski definition) is 5. The van der Waals surface area contributed by atoms with Crippen LogP contribution in [-0.4, -0.2) is 28.8 Å². The fourth-order valence-electron chi connectivity index (χ4n) is 2.77. The predicted molar refractivity (Wildman–Crippen MR) is 111 cm³/mol. The molecule has 3 aromatic rings. The second-order valence-electron chi connectivity index (χ2n) is 6.26. The summed E-state index contributed by atoms with van der Waals surface area (Å²) in [5.41, 5.74) is 1.17. The highest BCUT2D eigenvalue weighted by Gasteiger charge is 2.17. The van der Waals surface area contributed by atoms with E-state index in [2.05, 4.69) is 10.4 Å². The Kier molecular flexibility index (Phi) is 6.60. The van der Waals surface area contributed by atoms with Gasteiger partial charge in [-0.1, -0.05) is 6.07 Å². The van der Waals surface area contributed by atoms with E-state index < -0.39 is 6.04 Å². The van der Waals surface area contributed by atoms with Crippen molar-refractivity contribution in [2.24, 2.45) is 0 Å². The molecule has 0 bridgehead atoms. The van der Waals surface area contributed by atoms with Gasteiger partial charge in [0, 0.05) is 23.1 Å². The standard InChI is InChI=1S/C21H23N3O3S/c1-3-27-17-8-6-16(7-9-17)19-10-11-20(25)24(23-19)15(2)21(26)22-13-12-18-5-4-14-28-18/h4-11,14-15H,3,12-13H2,1-2H3,(H,22,26). The van der Waals surface area contributed by atoms with Gasteiger partial charge in [0.2, 0.25) is 5.91 Å². The van der Waals surface area contributed by atoms with E-state index in [0.29, 0.717) is 18.8 Å². The molecule has 1 N–H and O–H groups in total. The average molecular weight is 398 g/mol. The highest BCUT2D eigenvalue weighted by Crippen LogP contribution is 2.20. The molecule has 0 aliphatic carbocycles. The number of nitrogens with zero attached hydrogens (tertiary/aromatic N) is 2. The Hall–Kier alpha value is -2.93. The second-order valence-corrected chi connectivity index (χ2v) is 7.29. The van der Waals surface area contributed by atoms with E-state index in [9.17, 15) is 9.59 Å². The maximum absolute atomic E-state index is 12.5.